The summed E-state index contributed by atoms with van der Waals surface area (Å²) in [7, 11) is -4.04. The van der Waals surface area contributed by atoms with Crippen LogP contribution in [0.5, 0.6) is 0 Å². The highest BCUT2D eigenvalue weighted by Crippen LogP contribution is 2.29. The largest absolute Gasteiger partial charge is 0.313 e. The van der Waals surface area contributed by atoms with Crippen molar-refractivity contribution in [1.29, 1.82) is 0 Å². The molecule has 0 saturated heterocycles. The van der Waals surface area contributed by atoms with Crippen molar-refractivity contribution in [1.82, 2.24) is 5.32 Å². The van der Waals surface area contributed by atoms with Crippen LogP contribution in [0.4, 0.5) is 0 Å². The van der Waals surface area contributed by atoms with Crippen LogP contribution in [-0.2, 0) is 10.1 Å². The van der Waals surface area contributed by atoms with Crippen LogP contribution in [-0.4, -0.2) is 26.1 Å². The first-order valence-corrected chi connectivity index (χ1v) is 6.80. The van der Waals surface area contributed by atoms with E-state index in [1.165, 1.54) is 6.07 Å². The lowest BCUT2D eigenvalue weighted by molar-refractivity contribution is 0.485. The number of hydrogen-bond donors (Lipinski definition) is 2. The van der Waals surface area contributed by atoms with E-state index in [-0.39, 0.29) is 4.21 Å². The maximum Gasteiger partial charge on any atom is 0.304 e. The molecule has 1 aromatic heterocycles. The smallest absolute Gasteiger partial charge is 0.304 e. The quantitative estimate of drug-likeness (QED) is 0.772. The molecule has 4 nitrogen and oxygen atoms in total. The Balaban J connectivity index is 2.31. The van der Waals surface area contributed by atoms with Crippen LogP contribution >= 0.6 is 11.3 Å². The molecule has 0 saturated carbocycles. The van der Waals surface area contributed by atoms with E-state index >= 15 is 0 Å². The molecule has 0 atom stereocenters. The van der Waals surface area contributed by atoms with Crippen molar-refractivity contribution in [3.63, 3.8) is 0 Å². The van der Waals surface area contributed by atoms with Gasteiger partial charge in [0.15, 0.2) is 0 Å². The lowest BCUT2D eigenvalue weighted by Gasteiger charge is -2.11. The van der Waals surface area contributed by atoms with Gasteiger partial charge in [-0.25, -0.2) is 0 Å². The van der Waals surface area contributed by atoms with Crippen molar-refractivity contribution in [2.75, 3.05) is 13.1 Å². The summed E-state index contributed by atoms with van der Waals surface area (Å²) in [6.07, 6.45) is 2.94. The van der Waals surface area contributed by atoms with Gasteiger partial charge in [-0.05, 0) is 30.7 Å². The van der Waals surface area contributed by atoms with Gasteiger partial charge in [0.05, 0.1) is 0 Å². The standard InChI is InChI=1S/C9H11NO3S2/c11-15(12,13)9-2-1-8(14-9)7-3-5-10-6-4-7/h1-3,10H,4-6H2,(H,11,12,13). The van der Waals surface area contributed by atoms with Crippen LogP contribution in [0.3, 0.4) is 0 Å². The summed E-state index contributed by atoms with van der Waals surface area (Å²) in [4.78, 5) is 0.920. The number of thiophene rings is 1. The molecule has 15 heavy (non-hydrogen) atoms. The summed E-state index contributed by atoms with van der Waals surface area (Å²) in [5.41, 5.74) is 1.15. The molecular formula is C9H11NO3S2. The minimum Gasteiger partial charge on any atom is -0.313 e. The molecule has 1 aliphatic heterocycles. The van der Waals surface area contributed by atoms with Crippen molar-refractivity contribution in [3.05, 3.63) is 23.1 Å². The molecule has 1 aliphatic rings. The summed E-state index contributed by atoms with van der Waals surface area (Å²) in [5.74, 6) is 0. The maximum atomic E-state index is 10.9. The lowest BCUT2D eigenvalue weighted by Crippen LogP contribution is -2.19. The Morgan fingerprint density at radius 3 is 2.73 bits per heavy atom. The Kier molecular flexibility index (Phi) is 2.92. The van der Waals surface area contributed by atoms with Crippen LogP contribution in [0.15, 0.2) is 22.4 Å². The van der Waals surface area contributed by atoms with Crippen molar-refractivity contribution in [2.24, 2.45) is 0 Å². The van der Waals surface area contributed by atoms with Crippen LogP contribution < -0.4 is 5.32 Å². The molecule has 0 unspecified atom stereocenters. The predicted molar refractivity (Wildman–Crippen MR) is 59.6 cm³/mol. The van der Waals surface area contributed by atoms with Crippen LogP contribution in [0.25, 0.3) is 5.57 Å². The molecule has 0 radical (unpaired) electrons. The Labute approximate surface area is 92.4 Å². The highest BCUT2D eigenvalue weighted by molar-refractivity contribution is 7.88. The lowest BCUT2D eigenvalue weighted by atomic mass is 10.1. The molecule has 0 spiro atoms. The van der Waals surface area contributed by atoms with Gasteiger partial charge in [-0.1, -0.05) is 6.08 Å². The minimum absolute atomic E-state index is 0.0110. The van der Waals surface area contributed by atoms with E-state index in [2.05, 4.69) is 5.32 Å². The number of rotatable bonds is 2. The van der Waals surface area contributed by atoms with E-state index in [9.17, 15) is 8.42 Å². The average Bonchev–Trinajstić information content (AvgIpc) is 2.67. The summed E-state index contributed by atoms with van der Waals surface area (Å²) in [6.45, 7) is 1.72. The molecule has 6 heteroatoms. The second-order valence-electron chi connectivity index (χ2n) is 3.28. The van der Waals surface area contributed by atoms with Gasteiger partial charge in [0, 0.05) is 11.4 Å². The van der Waals surface area contributed by atoms with E-state index in [1.807, 2.05) is 6.08 Å². The van der Waals surface area contributed by atoms with Crippen LogP contribution in [0, 0.1) is 0 Å². The Morgan fingerprint density at radius 2 is 2.20 bits per heavy atom. The first-order chi connectivity index (χ1) is 7.07. The molecule has 0 amide bonds. The van der Waals surface area contributed by atoms with Gasteiger partial charge in [0.1, 0.15) is 4.21 Å². The SMILES string of the molecule is O=S(=O)(O)c1ccc(C2=CCNCC2)s1. The molecule has 2 N–H and O–H groups in total. The number of nitrogens with one attached hydrogen (secondary N) is 1. The van der Waals surface area contributed by atoms with Crippen molar-refractivity contribution < 1.29 is 13.0 Å². The molecular weight excluding hydrogens is 234 g/mol. The fourth-order valence-corrected chi connectivity index (χ4v) is 3.21. The summed E-state index contributed by atoms with van der Waals surface area (Å²) in [6, 6.07) is 3.18. The van der Waals surface area contributed by atoms with Crippen molar-refractivity contribution >= 4 is 27.0 Å². The first kappa shape index (κ1) is 10.8. The summed E-state index contributed by atoms with van der Waals surface area (Å²) in [5, 5.41) is 3.18. The molecule has 0 aromatic carbocycles. The van der Waals surface area contributed by atoms with Gasteiger partial charge in [-0.15, -0.1) is 11.3 Å². The fourth-order valence-electron chi connectivity index (χ4n) is 1.48. The van der Waals surface area contributed by atoms with E-state index in [0.29, 0.717) is 0 Å². The van der Waals surface area contributed by atoms with Gasteiger partial charge >= 0.3 is 10.1 Å². The molecule has 0 aliphatic carbocycles. The van der Waals surface area contributed by atoms with Gasteiger partial charge in [0.25, 0.3) is 0 Å². The number of hydrogen-bond acceptors (Lipinski definition) is 4. The predicted octanol–water partition coefficient (Wildman–Crippen LogP) is 1.37. The third kappa shape index (κ3) is 2.46. The summed E-state index contributed by atoms with van der Waals surface area (Å²) < 4.78 is 30.6. The molecule has 0 fully saturated rings. The first-order valence-electron chi connectivity index (χ1n) is 4.55. The van der Waals surface area contributed by atoms with E-state index in [4.69, 9.17) is 4.55 Å². The van der Waals surface area contributed by atoms with Gasteiger partial charge < -0.3 is 5.32 Å². The second-order valence-corrected chi connectivity index (χ2v) is 6.01. The highest BCUT2D eigenvalue weighted by Gasteiger charge is 2.15. The minimum atomic E-state index is -4.04. The van der Waals surface area contributed by atoms with Gasteiger partial charge in [-0.2, -0.15) is 8.42 Å². The zero-order valence-corrected chi connectivity index (χ0v) is 9.57. The van der Waals surface area contributed by atoms with E-state index in [0.717, 1.165) is 41.3 Å². The molecule has 2 heterocycles. The highest BCUT2D eigenvalue weighted by atomic mass is 32.3. The molecule has 2 rings (SSSR count). The molecule has 0 bridgehead atoms. The summed E-state index contributed by atoms with van der Waals surface area (Å²) >= 11 is 1.11. The van der Waals surface area contributed by atoms with Gasteiger partial charge in [0.2, 0.25) is 0 Å². The van der Waals surface area contributed by atoms with Crippen LogP contribution in [0.2, 0.25) is 0 Å². The van der Waals surface area contributed by atoms with E-state index in [1.54, 1.807) is 6.07 Å². The second kappa shape index (κ2) is 4.05. The van der Waals surface area contributed by atoms with Crippen molar-refractivity contribution in [2.45, 2.75) is 10.6 Å². The third-order valence-electron chi connectivity index (χ3n) is 2.22. The normalized spacial score (nSPS) is 17.5. The Bertz CT molecular complexity index is 487. The third-order valence-corrected chi connectivity index (χ3v) is 4.70. The fraction of sp³-hybridized carbons (Fsp3) is 0.333. The van der Waals surface area contributed by atoms with Crippen molar-refractivity contribution in [3.8, 4) is 0 Å². The Hall–Kier alpha value is -0.690. The monoisotopic (exact) mass is 245 g/mol. The van der Waals surface area contributed by atoms with E-state index < -0.39 is 10.1 Å². The Morgan fingerprint density at radius 1 is 1.40 bits per heavy atom. The zero-order chi connectivity index (χ0) is 10.9. The molecule has 82 valence electrons. The molecule has 1 aromatic rings. The zero-order valence-electron chi connectivity index (χ0n) is 7.93. The van der Waals surface area contributed by atoms with Gasteiger partial charge in [-0.3, -0.25) is 4.55 Å². The maximum absolute atomic E-state index is 10.9. The van der Waals surface area contributed by atoms with Crippen LogP contribution in [0.1, 0.15) is 11.3 Å². The topological polar surface area (TPSA) is 66.4 Å². The average molecular weight is 245 g/mol.